The molecule has 5 aliphatic heterocycles. The predicted octanol–water partition coefficient (Wildman–Crippen LogP) is 4.78. The van der Waals surface area contributed by atoms with Crippen LogP contribution in [-0.2, 0) is 26.1 Å². The van der Waals surface area contributed by atoms with Crippen LogP contribution in [0, 0.1) is 36.5 Å². The van der Waals surface area contributed by atoms with E-state index in [2.05, 4.69) is 34.2 Å². The van der Waals surface area contributed by atoms with Crippen LogP contribution in [0.1, 0.15) is 94.5 Å². The minimum absolute atomic E-state index is 0.0422. The van der Waals surface area contributed by atoms with E-state index in [9.17, 15) is 34.8 Å². The highest BCUT2D eigenvalue weighted by Gasteiger charge is 2.51. The molecule has 17 nitrogen and oxygen atoms in total. The van der Waals surface area contributed by atoms with E-state index in [0.29, 0.717) is 37.5 Å². The van der Waals surface area contributed by atoms with Crippen LogP contribution in [0.15, 0.2) is 58.5 Å². The minimum Gasteiger partial charge on any atom is -0.507 e. The second-order valence-corrected chi connectivity index (χ2v) is 19.2. The molecule has 17 heteroatoms. The number of nitrogens with zero attached hydrogens (tertiary/aromatic N) is 5. The zero-order valence-electron chi connectivity index (χ0n) is 39.7. The maximum absolute atomic E-state index is 14.9. The van der Waals surface area contributed by atoms with Gasteiger partial charge in [0.2, 0.25) is 0 Å². The molecule has 0 unspecified atom stereocenters. The van der Waals surface area contributed by atoms with Gasteiger partial charge in [0, 0.05) is 99.9 Å². The van der Waals surface area contributed by atoms with Crippen LogP contribution >= 0.6 is 0 Å². The van der Waals surface area contributed by atoms with Gasteiger partial charge in [-0.15, -0.1) is 0 Å². The lowest BCUT2D eigenvalue weighted by Crippen LogP contribution is -2.47. The number of amides is 1. The van der Waals surface area contributed by atoms with Crippen molar-refractivity contribution in [1.82, 2.24) is 14.7 Å². The molecule has 66 heavy (non-hydrogen) atoms. The molecular formula is C49H64N6O11. The number of aliphatic hydroxyl groups is 2. The monoisotopic (exact) mass is 912 g/mol. The lowest BCUT2D eigenvalue weighted by atomic mass is 9.78. The fourth-order valence-electron chi connectivity index (χ4n) is 9.76. The van der Waals surface area contributed by atoms with Crippen molar-refractivity contribution >= 4 is 34.1 Å². The molecule has 5 N–H and O–H groups in total. The Kier molecular flexibility index (Phi) is 13.6. The number of rotatable bonds is 5. The van der Waals surface area contributed by atoms with Crippen molar-refractivity contribution < 1.29 is 53.8 Å². The number of methoxy groups -OCH3 is 1. The standard InChI is InChI=1S/C49H64N6O11/c1-24(2)22-55-18-16-49(17-19-55)52-36-33-34-41(58)30(8)44-35(33)45(60)48(9,66-44)64-20-15-32(63-11)27(5)43(65-47(62)31-21-50-54(10)23-31)29(7)40(57)28(6)39(56)25(3)13-12-14-26(4)46(61)51-38(42(34)59)37(36)53-49/h12-15,20-21,23-25,27-29,32,39-40,43,52,56-59H,16-19,22H2,1-11H3/b13-12+,20-15+,26-14-,51-38?/t25-,27+,28+,29+,32-,39-,40+,43+,48-/m0/s1. The van der Waals surface area contributed by atoms with E-state index in [1.54, 1.807) is 66.8 Å². The van der Waals surface area contributed by atoms with Crippen LogP contribution < -0.4 is 20.8 Å². The Morgan fingerprint density at radius 2 is 1.68 bits per heavy atom. The number of anilines is 1. The van der Waals surface area contributed by atoms with Gasteiger partial charge in [-0.2, -0.15) is 5.10 Å². The number of Topliss-reactive ketones (excluding diaryl/α,β-unsaturated/α-hetero) is 1. The molecule has 2 aromatic carbocycles. The van der Waals surface area contributed by atoms with Crippen molar-refractivity contribution in [2.24, 2.45) is 46.6 Å². The van der Waals surface area contributed by atoms with Gasteiger partial charge in [0.1, 0.15) is 34.0 Å². The first kappa shape index (κ1) is 48.3. The number of aryl methyl sites for hydroxylation is 1. The zero-order chi connectivity index (χ0) is 48.2. The summed E-state index contributed by atoms with van der Waals surface area (Å²) in [4.78, 5) is 54.3. The number of aromatic nitrogens is 2. The summed E-state index contributed by atoms with van der Waals surface area (Å²) in [6.07, 6.45) is 7.66. The molecule has 6 heterocycles. The van der Waals surface area contributed by atoms with Crippen molar-refractivity contribution in [1.29, 1.82) is 0 Å². The highest BCUT2D eigenvalue weighted by Crippen LogP contribution is 2.51. The van der Waals surface area contributed by atoms with Crippen LogP contribution in [0.25, 0.3) is 10.8 Å². The first-order chi connectivity index (χ1) is 31.1. The number of ether oxygens (including phenoxy) is 4. The quantitative estimate of drug-likeness (QED) is 0.172. The van der Waals surface area contributed by atoms with Gasteiger partial charge in [-0.1, -0.05) is 59.8 Å². The van der Waals surface area contributed by atoms with E-state index in [0.717, 1.165) is 6.54 Å². The summed E-state index contributed by atoms with van der Waals surface area (Å²) in [6.45, 7) is 18.2. The van der Waals surface area contributed by atoms with E-state index >= 15 is 0 Å². The van der Waals surface area contributed by atoms with Crippen molar-refractivity contribution in [2.75, 3.05) is 32.1 Å². The molecule has 1 fully saturated rings. The number of esters is 1. The number of allylic oxidation sites excluding steroid dienone is 2. The highest BCUT2D eigenvalue weighted by molar-refractivity contribution is 6.21. The Labute approximate surface area is 384 Å². The lowest BCUT2D eigenvalue weighted by molar-refractivity contribution is -0.114. The molecular weight excluding hydrogens is 849 g/mol. The van der Waals surface area contributed by atoms with E-state index in [-0.39, 0.29) is 55.2 Å². The number of hydrogen-bond acceptors (Lipinski definition) is 15. The number of benzene rings is 2. The molecule has 1 amide bonds. The van der Waals surface area contributed by atoms with Crippen LogP contribution in [-0.4, -0.2) is 115 Å². The van der Waals surface area contributed by atoms with Gasteiger partial charge in [0.05, 0.1) is 53.0 Å². The van der Waals surface area contributed by atoms with E-state index in [4.69, 9.17) is 23.9 Å². The highest BCUT2D eigenvalue weighted by atomic mass is 16.7. The summed E-state index contributed by atoms with van der Waals surface area (Å²) in [5.41, 5.74) is 0.0332. The Morgan fingerprint density at radius 3 is 2.32 bits per heavy atom. The fraction of sp³-hybridized carbons (Fsp3) is 0.551. The topological polar surface area (TPSA) is 227 Å². The number of fused-ring (bicyclic) bond motifs is 13. The van der Waals surface area contributed by atoms with E-state index in [1.807, 2.05) is 0 Å². The second kappa shape index (κ2) is 18.6. The number of phenols is 2. The predicted molar refractivity (Wildman–Crippen MR) is 245 cm³/mol. The van der Waals surface area contributed by atoms with Gasteiger partial charge in [0.25, 0.3) is 11.7 Å². The van der Waals surface area contributed by atoms with Gasteiger partial charge in [-0.25, -0.2) is 9.79 Å². The molecule has 356 valence electrons. The first-order valence-corrected chi connectivity index (χ1v) is 22.7. The van der Waals surface area contributed by atoms with Gasteiger partial charge in [-0.05, 0) is 25.8 Å². The van der Waals surface area contributed by atoms with Crippen molar-refractivity contribution in [3.63, 3.8) is 0 Å². The molecule has 1 aromatic heterocycles. The third-order valence-electron chi connectivity index (χ3n) is 13.8. The Morgan fingerprint density at radius 1 is 0.985 bits per heavy atom. The number of nitrogens with one attached hydrogen (secondary N) is 1. The SMILES string of the molecule is CO[C@H]1/C=C/O[C@@]2(C)Oc3c(C)c(O)c4c(O)c(c5c(c4c3C2=O)NC2(CCN(CC(C)C)CC2)N=5)=NC(=O)/C(C)=C\C=C\[C@H](C)[C@H](O)[C@@H](C)[C@@H](O)[C@@H](C)[C@H](OC(=O)c2cnn(C)c2)[C@@H]1C. The molecule has 0 saturated carbocycles. The van der Waals surface area contributed by atoms with Crippen LogP contribution in [0.5, 0.6) is 17.2 Å². The number of carbonyl (C=O) groups is 3. The summed E-state index contributed by atoms with van der Waals surface area (Å²) < 4.78 is 26.0. The molecule has 1 saturated heterocycles. The number of aliphatic hydroxyl groups excluding tert-OH is 2. The van der Waals surface area contributed by atoms with E-state index < -0.39 is 82.9 Å². The van der Waals surface area contributed by atoms with Gasteiger partial charge in [0.15, 0.2) is 5.75 Å². The Bertz CT molecular complexity index is 2630. The van der Waals surface area contributed by atoms with Crippen molar-refractivity contribution in [3.8, 4) is 17.2 Å². The largest absolute Gasteiger partial charge is 0.507 e. The molecule has 9 atom stereocenters. The first-order valence-electron chi connectivity index (χ1n) is 22.7. The molecule has 5 aliphatic rings. The van der Waals surface area contributed by atoms with Crippen molar-refractivity contribution in [3.05, 3.63) is 75.9 Å². The van der Waals surface area contributed by atoms with E-state index in [1.165, 1.54) is 43.4 Å². The molecule has 5 bridgehead atoms. The summed E-state index contributed by atoms with van der Waals surface area (Å²) in [6, 6.07) is 0. The number of ketones is 1. The van der Waals surface area contributed by atoms with Crippen LogP contribution in [0.2, 0.25) is 0 Å². The molecule has 1 spiro atoms. The zero-order valence-corrected chi connectivity index (χ0v) is 39.7. The molecule has 0 radical (unpaired) electrons. The maximum Gasteiger partial charge on any atom is 0.341 e. The number of hydrogen-bond donors (Lipinski definition) is 5. The molecule has 3 aromatic rings. The number of piperidine rings is 1. The van der Waals surface area contributed by atoms with Gasteiger partial charge >= 0.3 is 11.8 Å². The summed E-state index contributed by atoms with van der Waals surface area (Å²) >= 11 is 0. The Balaban J connectivity index is 1.38. The lowest BCUT2D eigenvalue weighted by Gasteiger charge is -2.38. The van der Waals surface area contributed by atoms with Crippen LogP contribution in [0.3, 0.4) is 0 Å². The number of aromatic hydroxyl groups is 2. The Hall–Kier alpha value is -5.62. The smallest absolute Gasteiger partial charge is 0.341 e. The van der Waals surface area contributed by atoms with Gasteiger partial charge in [-0.3, -0.25) is 19.3 Å². The fourth-order valence-corrected chi connectivity index (χ4v) is 9.76. The second-order valence-electron chi connectivity index (χ2n) is 19.2. The maximum atomic E-state index is 14.9. The number of likely N-dealkylation sites (tertiary alicyclic amines) is 1. The summed E-state index contributed by atoms with van der Waals surface area (Å²) in [5, 5.41) is 55.2. The van der Waals surface area contributed by atoms with Crippen molar-refractivity contribution in [2.45, 2.75) is 111 Å². The third kappa shape index (κ3) is 8.85. The normalized spacial score (nSPS) is 31.1. The third-order valence-corrected chi connectivity index (χ3v) is 13.8. The molecule has 8 rings (SSSR count). The number of carbonyl (C=O) groups excluding carboxylic acids is 3. The van der Waals surface area contributed by atoms with Gasteiger partial charge < -0.3 is 49.6 Å². The average molecular weight is 913 g/mol. The minimum atomic E-state index is -1.98. The summed E-state index contributed by atoms with van der Waals surface area (Å²) in [5.74, 6) is -7.01. The molecule has 0 aliphatic carbocycles. The average Bonchev–Trinajstić information content (AvgIpc) is 3.96. The van der Waals surface area contributed by atoms with Crippen LogP contribution in [0.4, 0.5) is 5.69 Å². The number of phenolic OH excluding ortho intramolecular Hbond substituents is 2. The summed E-state index contributed by atoms with van der Waals surface area (Å²) in [7, 11) is 3.13.